The van der Waals surface area contributed by atoms with E-state index in [-0.39, 0.29) is 6.61 Å². The molecule has 21 heavy (non-hydrogen) atoms. The zero-order valence-corrected chi connectivity index (χ0v) is 12.2. The molecule has 0 fully saturated rings. The second kappa shape index (κ2) is 7.60. The van der Waals surface area contributed by atoms with Gasteiger partial charge in [-0.15, -0.1) is 0 Å². The number of rotatable bonds is 7. The molecule has 0 aliphatic heterocycles. The van der Waals surface area contributed by atoms with Crippen molar-refractivity contribution in [2.45, 2.75) is 20.0 Å². The van der Waals surface area contributed by atoms with Gasteiger partial charge in [0.05, 0.1) is 19.1 Å². The third-order valence-electron chi connectivity index (χ3n) is 3.34. The van der Waals surface area contributed by atoms with Gasteiger partial charge in [0.2, 0.25) is 0 Å². The molecule has 2 aromatic rings. The van der Waals surface area contributed by atoms with Crippen LogP contribution in [0.5, 0.6) is 0 Å². The minimum Gasteiger partial charge on any atom is -0.481 e. The van der Waals surface area contributed by atoms with Crippen LogP contribution in [-0.2, 0) is 22.6 Å². The summed E-state index contributed by atoms with van der Waals surface area (Å²) in [4.78, 5) is 11.4. The van der Waals surface area contributed by atoms with Gasteiger partial charge in [0.15, 0.2) is 0 Å². The first-order chi connectivity index (χ1) is 10.1. The molecule has 0 heterocycles. The molecule has 0 aliphatic rings. The molecular formula is C18H20O3. The van der Waals surface area contributed by atoms with Crippen molar-refractivity contribution in [1.82, 2.24) is 0 Å². The Bertz CT molecular complexity index is 578. The fourth-order valence-corrected chi connectivity index (χ4v) is 2.23. The molecule has 0 saturated heterocycles. The van der Waals surface area contributed by atoms with Crippen LogP contribution in [0, 0.1) is 12.8 Å². The molecule has 3 heteroatoms. The van der Waals surface area contributed by atoms with Gasteiger partial charge >= 0.3 is 5.97 Å². The average molecular weight is 284 g/mol. The summed E-state index contributed by atoms with van der Waals surface area (Å²) in [6.07, 6.45) is 0.492. The third kappa shape index (κ3) is 5.04. The molecule has 1 N–H and O–H groups in total. The molecule has 0 bridgehead atoms. The average Bonchev–Trinajstić information content (AvgIpc) is 2.47. The Labute approximate surface area is 125 Å². The van der Waals surface area contributed by atoms with E-state index in [1.165, 1.54) is 0 Å². The van der Waals surface area contributed by atoms with E-state index in [9.17, 15) is 9.90 Å². The van der Waals surface area contributed by atoms with E-state index in [2.05, 4.69) is 0 Å². The molecule has 0 spiro atoms. The van der Waals surface area contributed by atoms with Crippen LogP contribution in [0.2, 0.25) is 0 Å². The maximum absolute atomic E-state index is 11.4. The van der Waals surface area contributed by atoms with E-state index in [4.69, 9.17) is 4.74 Å². The molecule has 1 unspecified atom stereocenters. The highest BCUT2D eigenvalue weighted by atomic mass is 16.5. The summed E-state index contributed by atoms with van der Waals surface area (Å²) in [6.45, 7) is 2.67. The number of ether oxygens (including phenoxy) is 1. The molecule has 3 nitrogen and oxygen atoms in total. The van der Waals surface area contributed by atoms with Gasteiger partial charge in [-0.3, -0.25) is 4.79 Å². The second-order valence-electron chi connectivity index (χ2n) is 5.23. The van der Waals surface area contributed by atoms with Crippen molar-refractivity contribution in [2.24, 2.45) is 5.92 Å². The van der Waals surface area contributed by atoms with Gasteiger partial charge in [-0.1, -0.05) is 60.2 Å². The van der Waals surface area contributed by atoms with Crippen LogP contribution in [0.25, 0.3) is 0 Å². The highest BCUT2D eigenvalue weighted by Gasteiger charge is 2.18. The van der Waals surface area contributed by atoms with Crippen LogP contribution in [0.3, 0.4) is 0 Å². The summed E-state index contributed by atoms with van der Waals surface area (Å²) in [6, 6.07) is 17.7. The Morgan fingerprint density at radius 1 is 1.10 bits per heavy atom. The molecule has 1 atom stereocenters. The molecular weight excluding hydrogens is 264 g/mol. The highest BCUT2D eigenvalue weighted by molar-refractivity contribution is 5.70. The van der Waals surface area contributed by atoms with Crippen molar-refractivity contribution in [3.05, 3.63) is 71.3 Å². The third-order valence-corrected chi connectivity index (χ3v) is 3.34. The monoisotopic (exact) mass is 284 g/mol. The molecule has 0 aliphatic carbocycles. The smallest absolute Gasteiger partial charge is 0.309 e. The summed E-state index contributed by atoms with van der Waals surface area (Å²) >= 11 is 0. The van der Waals surface area contributed by atoms with Crippen molar-refractivity contribution in [2.75, 3.05) is 6.61 Å². The molecule has 0 amide bonds. The summed E-state index contributed by atoms with van der Waals surface area (Å²) < 4.78 is 5.56. The zero-order valence-electron chi connectivity index (χ0n) is 12.2. The first kappa shape index (κ1) is 15.3. The van der Waals surface area contributed by atoms with Crippen LogP contribution in [0.1, 0.15) is 16.7 Å². The van der Waals surface area contributed by atoms with Crippen LogP contribution in [-0.4, -0.2) is 17.7 Å². The standard InChI is InChI=1S/C18H20O3/c1-14-6-5-9-16(10-14)11-17(18(19)20)13-21-12-15-7-3-2-4-8-15/h2-10,17H,11-13H2,1H3,(H,19,20). The lowest BCUT2D eigenvalue weighted by atomic mass is 9.99. The summed E-state index contributed by atoms with van der Waals surface area (Å²) in [5, 5.41) is 9.32. The Morgan fingerprint density at radius 3 is 2.48 bits per heavy atom. The van der Waals surface area contributed by atoms with Gasteiger partial charge in [-0.2, -0.15) is 0 Å². The summed E-state index contributed by atoms with van der Waals surface area (Å²) in [7, 11) is 0. The Balaban J connectivity index is 1.89. The van der Waals surface area contributed by atoms with Gasteiger partial charge in [0.1, 0.15) is 0 Å². The summed E-state index contributed by atoms with van der Waals surface area (Å²) in [5.41, 5.74) is 3.23. The number of aliphatic carboxylic acids is 1. The van der Waals surface area contributed by atoms with Crippen molar-refractivity contribution >= 4 is 5.97 Å². The van der Waals surface area contributed by atoms with Crippen LogP contribution >= 0.6 is 0 Å². The number of carbonyl (C=O) groups is 1. The quantitative estimate of drug-likeness (QED) is 0.847. The van der Waals surface area contributed by atoms with E-state index >= 15 is 0 Å². The van der Waals surface area contributed by atoms with Crippen molar-refractivity contribution in [1.29, 1.82) is 0 Å². The fourth-order valence-electron chi connectivity index (χ4n) is 2.23. The molecule has 0 aromatic heterocycles. The van der Waals surface area contributed by atoms with Crippen molar-refractivity contribution in [3.8, 4) is 0 Å². The molecule has 2 rings (SSSR count). The first-order valence-electron chi connectivity index (χ1n) is 7.05. The maximum Gasteiger partial charge on any atom is 0.309 e. The Hall–Kier alpha value is -2.13. The SMILES string of the molecule is Cc1cccc(CC(COCc2ccccc2)C(=O)O)c1. The van der Waals surface area contributed by atoms with Gasteiger partial charge in [-0.25, -0.2) is 0 Å². The predicted molar refractivity (Wildman–Crippen MR) is 82.1 cm³/mol. The van der Waals surface area contributed by atoms with E-state index in [0.717, 1.165) is 16.7 Å². The maximum atomic E-state index is 11.4. The minimum absolute atomic E-state index is 0.220. The lowest BCUT2D eigenvalue weighted by Crippen LogP contribution is -2.22. The van der Waals surface area contributed by atoms with Gasteiger partial charge in [0.25, 0.3) is 0 Å². The number of benzene rings is 2. The number of hydrogen-bond acceptors (Lipinski definition) is 2. The van der Waals surface area contributed by atoms with Gasteiger partial charge < -0.3 is 9.84 Å². The minimum atomic E-state index is -0.815. The summed E-state index contributed by atoms with van der Waals surface area (Å²) in [5.74, 6) is -1.33. The Morgan fingerprint density at radius 2 is 1.81 bits per heavy atom. The van der Waals surface area contributed by atoms with Crippen LogP contribution in [0.15, 0.2) is 54.6 Å². The topological polar surface area (TPSA) is 46.5 Å². The number of hydrogen-bond donors (Lipinski definition) is 1. The van der Waals surface area contributed by atoms with Crippen LogP contribution < -0.4 is 0 Å². The molecule has 0 radical (unpaired) electrons. The number of carboxylic acids is 1. The molecule has 0 saturated carbocycles. The van der Waals surface area contributed by atoms with E-state index < -0.39 is 11.9 Å². The Kier molecular flexibility index (Phi) is 5.52. The van der Waals surface area contributed by atoms with Crippen LogP contribution in [0.4, 0.5) is 0 Å². The number of carboxylic acid groups (broad SMARTS) is 1. The lowest BCUT2D eigenvalue weighted by Gasteiger charge is -2.13. The van der Waals surface area contributed by atoms with Gasteiger partial charge in [-0.05, 0) is 24.5 Å². The second-order valence-corrected chi connectivity index (χ2v) is 5.23. The number of aryl methyl sites for hydroxylation is 1. The van der Waals surface area contributed by atoms with Crippen molar-refractivity contribution in [3.63, 3.8) is 0 Å². The fraction of sp³-hybridized carbons (Fsp3) is 0.278. The van der Waals surface area contributed by atoms with E-state index in [0.29, 0.717) is 13.0 Å². The normalized spacial score (nSPS) is 12.0. The van der Waals surface area contributed by atoms with E-state index in [1.54, 1.807) is 0 Å². The first-order valence-corrected chi connectivity index (χ1v) is 7.05. The lowest BCUT2D eigenvalue weighted by molar-refractivity contribution is -0.144. The predicted octanol–water partition coefficient (Wildman–Crippen LogP) is 3.46. The molecule has 110 valence electrons. The largest absolute Gasteiger partial charge is 0.481 e. The van der Waals surface area contributed by atoms with Gasteiger partial charge in [0, 0.05) is 0 Å². The highest BCUT2D eigenvalue weighted by Crippen LogP contribution is 2.13. The van der Waals surface area contributed by atoms with Crippen molar-refractivity contribution < 1.29 is 14.6 Å². The zero-order chi connectivity index (χ0) is 15.1. The molecule has 2 aromatic carbocycles. The van der Waals surface area contributed by atoms with E-state index in [1.807, 2.05) is 61.5 Å².